The van der Waals surface area contributed by atoms with Gasteiger partial charge >= 0.3 is 0 Å². The molecule has 2 heterocycles. The molecular formula is C15H18N4O3S3. The second-order valence-electron chi connectivity index (χ2n) is 5.35. The number of carbonyl (C=O) groups excluding carboxylic acids is 1. The second kappa shape index (κ2) is 7.30. The quantitative estimate of drug-likeness (QED) is 0.752. The smallest absolute Gasteiger partial charge is 0.263 e. The number of fused-ring (bicyclic) bond motifs is 1. The Bertz CT molecular complexity index is 895. The first-order chi connectivity index (χ1) is 11.9. The Balaban J connectivity index is 1.82. The van der Waals surface area contributed by atoms with E-state index in [1.165, 1.54) is 29.2 Å². The summed E-state index contributed by atoms with van der Waals surface area (Å²) in [6, 6.07) is 4.84. The van der Waals surface area contributed by atoms with Gasteiger partial charge in [0.25, 0.3) is 10.0 Å². The molecule has 1 aliphatic rings. The number of hydrogen-bond acceptors (Lipinski definition) is 7. The number of carbonyl (C=O) groups is 1. The van der Waals surface area contributed by atoms with Gasteiger partial charge < -0.3 is 4.90 Å². The summed E-state index contributed by atoms with van der Waals surface area (Å²) >= 11 is 2.72. The van der Waals surface area contributed by atoms with E-state index in [1.807, 2.05) is 13.8 Å². The number of aromatic nitrogens is 2. The summed E-state index contributed by atoms with van der Waals surface area (Å²) in [7, 11) is -3.73. The Labute approximate surface area is 154 Å². The van der Waals surface area contributed by atoms with E-state index in [4.69, 9.17) is 0 Å². The number of sulfonamides is 1. The predicted octanol–water partition coefficient (Wildman–Crippen LogP) is 2.75. The van der Waals surface area contributed by atoms with Crippen LogP contribution in [0.25, 0.3) is 0 Å². The summed E-state index contributed by atoms with van der Waals surface area (Å²) in [6.07, 6.45) is 1.08. The summed E-state index contributed by atoms with van der Waals surface area (Å²) < 4.78 is 28.4. The highest BCUT2D eigenvalue weighted by Crippen LogP contribution is 2.32. The van der Waals surface area contributed by atoms with Crippen LogP contribution in [0.3, 0.4) is 0 Å². The van der Waals surface area contributed by atoms with Gasteiger partial charge in [0, 0.05) is 18.7 Å². The minimum absolute atomic E-state index is 0.0438. The number of anilines is 2. The topological polar surface area (TPSA) is 92.3 Å². The van der Waals surface area contributed by atoms with Crippen LogP contribution in [-0.2, 0) is 21.2 Å². The molecule has 0 saturated carbocycles. The average Bonchev–Trinajstić information content (AvgIpc) is 3.20. The van der Waals surface area contributed by atoms with Crippen molar-refractivity contribution in [3.63, 3.8) is 0 Å². The van der Waals surface area contributed by atoms with E-state index in [9.17, 15) is 13.2 Å². The molecule has 0 fully saturated rings. The molecule has 3 rings (SSSR count). The monoisotopic (exact) mass is 398 g/mol. The largest absolute Gasteiger partial charge is 0.312 e. The lowest BCUT2D eigenvalue weighted by Gasteiger charge is -2.16. The predicted molar refractivity (Wildman–Crippen MR) is 99.9 cm³/mol. The van der Waals surface area contributed by atoms with Gasteiger partial charge in [-0.05, 0) is 35.9 Å². The fourth-order valence-electron chi connectivity index (χ4n) is 2.60. The van der Waals surface area contributed by atoms with E-state index in [0.717, 1.165) is 21.3 Å². The highest BCUT2D eigenvalue weighted by atomic mass is 32.2. The molecule has 0 atom stereocenters. The number of hydrogen-bond donors (Lipinski definition) is 1. The molecule has 0 radical (unpaired) electrons. The van der Waals surface area contributed by atoms with Gasteiger partial charge in [-0.1, -0.05) is 36.9 Å². The van der Waals surface area contributed by atoms with Crippen LogP contribution in [0.15, 0.2) is 27.4 Å². The third-order valence-corrected chi connectivity index (χ3v) is 7.08. The first kappa shape index (κ1) is 18.2. The zero-order chi connectivity index (χ0) is 18.0. The summed E-state index contributed by atoms with van der Waals surface area (Å²) in [4.78, 5) is 13.8. The minimum Gasteiger partial charge on any atom is -0.312 e. The molecule has 1 aromatic heterocycles. The van der Waals surface area contributed by atoms with Crippen molar-refractivity contribution in [2.45, 2.75) is 35.9 Å². The molecule has 25 heavy (non-hydrogen) atoms. The van der Waals surface area contributed by atoms with E-state index >= 15 is 0 Å². The van der Waals surface area contributed by atoms with Crippen LogP contribution in [0.5, 0.6) is 0 Å². The van der Waals surface area contributed by atoms with Gasteiger partial charge in [-0.3, -0.25) is 9.52 Å². The molecule has 2 aromatic rings. The Morgan fingerprint density at radius 2 is 2.16 bits per heavy atom. The third-order valence-electron chi connectivity index (χ3n) is 3.76. The number of thioether (sulfide) groups is 1. The van der Waals surface area contributed by atoms with Crippen LogP contribution >= 0.6 is 23.1 Å². The van der Waals surface area contributed by atoms with Crippen molar-refractivity contribution in [2.75, 3.05) is 21.9 Å². The van der Waals surface area contributed by atoms with Gasteiger partial charge in [0.05, 0.1) is 4.90 Å². The average molecular weight is 399 g/mol. The molecule has 134 valence electrons. The molecule has 0 unspecified atom stereocenters. The Hall–Kier alpha value is -1.65. The number of nitrogens with zero attached hydrogens (tertiary/aromatic N) is 3. The molecular weight excluding hydrogens is 380 g/mol. The van der Waals surface area contributed by atoms with Gasteiger partial charge in [-0.25, -0.2) is 8.42 Å². The van der Waals surface area contributed by atoms with Crippen LogP contribution in [0, 0.1) is 0 Å². The van der Waals surface area contributed by atoms with Crippen LogP contribution in [-0.4, -0.2) is 36.8 Å². The van der Waals surface area contributed by atoms with Crippen LogP contribution < -0.4 is 9.62 Å². The molecule has 1 amide bonds. The Kier molecular flexibility index (Phi) is 5.30. The van der Waals surface area contributed by atoms with Gasteiger partial charge in [0.15, 0.2) is 4.34 Å². The van der Waals surface area contributed by atoms with E-state index in [2.05, 4.69) is 14.9 Å². The number of amides is 1. The number of rotatable bonds is 6. The van der Waals surface area contributed by atoms with Gasteiger partial charge in [-0.15, -0.1) is 10.2 Å². The van der Waals surface area contributed by atoms with Gasteiger partial charge in [0.2, 0.25) is 11.0 Å². The first-order valence-corrected chi connectivity index (χ1v) is 11.2. The van der Waals surface area contributed by atoms with E-state index in [-0.39, 0.29) is 15.9 Å². The highest BCUT2D eigenvalue weighted by Gasteiger charge is 2.26. The Morgan fingerprint density at radius 1 is 1.36 bits per heavy atom. The zero-order valence-electron chi connectivity index (χ0n) is 13.9. The molecule has 1 aromatic carbocycles. The fraction of sp³-hybridized carbons (Fsp3) is 0.400. The van der Waals surface area contributed by atoms with E-state index < -0.39 is 10.0 Å². The maximum atomic E-state index is 12.6. The molecule has 0 bridgehead atoms. The zero-order valence-corrected chi connectivity index (χ0v) is 16.3. The molecule has 1 N–H and O–H groups in total. The van der Waals surface area contributed by atoms with Crippen molar-refractivity contribution in [1.29, 1.82) is 0 Å². The molecule has 1 aliphatic heterocycles. The lowest BCUT2D eigenvalue weighted by Crippen LogP contribution is -2.27. The molecule has 0 aliphatic carbocycles. The van der Waals surface area contributed by atoms with Crippen molar-refractivity contribution in [3.8, 4) is 0 Å². The van der Waals surface area contributed by atoms with Crippen molar-refractivity contribution in [2.24, 2.45) is 0 Å². The maximum Gasteiger partial charge on any atom is 0.263 e. The summed E-state index contributed by atoms with van der Waals surface area (Å²) in [5.74, 6) is 0.890. The van der Waals surface area contributed by atoms with Crippen LogP contribution in [0.4, 0.5) is 10.8 Å². The third kappa shape index (κ3) is 3.80. The summed E-state index contributed by atoms with van der Waals surface area (Å²) in [5, 5.41) is 8.06. The SMILES string of the molecule is CCSc1nnc(NS(=O)(=O)c2ccc3c(c2)CCN3C(=O)CC)s1. The molecule has 0 saturated heterocycles. The second-order valence-corrected chi connectivity index (χ2v) is 9.52. The Morgan fingerprint density at radius 3 is 2.88 bits per heavy atom. The van der Waals surface area contributed by atoms with Crippen molar-refractivity contribution in [1.82, 2.24) is 10.2 Å². The summed E-state index contributed by atoms with van der Waals surface area (Å²) in [5.41, 5.74) is 1.66. The molecule has 7 nitrogen and oxygen atoms in total. The normalized spacial score (nSPS) is 13.8. The molecule has 10 heteroatoms. The van der Waals surface area contributed by atoms with Crippen molar-refractivity contribution < 1.29 is 13.2 Å². The fourth-order valence-corrected chi connectivity index (χ4v) is 5.53. The molecule has 0 spiro atoms. The standard InChI is InChI=1S/C15H18N4O3S3/c1-3-13(20)19-8-7-10-9-11(5-6-12(10)19)25(21,22)18-14-16-17-15(24-14)23-4-2/h5-6,9H,3-4,7-8H2,1-2H3,(H,16,18). The summed E-state index contributed by atoms with van der Waals surface area (Å²) in [6.45, 7) is 4.40. The number of benzene rings is 1. The van der Waals surface area contributed by atoms with Crippen molar-refractivity contribution >= 4 is 49.8 Å². The van der Waals surface area contributed by atoms with Crippen LogP contribution in [0.1, 0.15) is 25.8 Å². The van der Waals surface area contributed by atoms with Crippen LogP contribution in [0.2, 0.25) is 0 Å². The highest BCUT2D eigenvalue weighted by molar-refractivity contribution is 8.01. The van der Waals surface area contributed by atoms with E-state index in [1.54, 1.807) is 17.0 Å². The van der Waals surface area contributed by atoms with E-state index in [0.29, 0.717) is 19.4 Å². The van der Waals surface area contributed by atoms with Gasteiger partial charge in [-0.2, -0.15) is 0 Å². The lowest BCUT2D eigenvalue weighted by atomic mass is 10.2. The lowest BCUT2D eigenvalue weighted by molar-refractivity contribution is -0.118. The first-order valence-electron chi connectivity index (χ1n) is 7.87. The number of nitrogens with one attached hydrogen (secondary N) is 1. The maximum absolute atomic E-state index is 12.6. The van der Waals surface area contributed by atoms with Crippen molar-refractivity contribution in [3.05, 3.63) is 23.8 Å². The minimum atomic E-state index is -3.73. The van der Waals surface area contributed by atoms with Gasteiger partial charge in [0.1, 0.15) is 0 Å².